The lowest BCUT2D eigenvalue weighted by atomic mass is 9.87. The van der Waals surface area contributed by atoms with E-state index in [0.29, 0.717) is 22.9 Å². The van der Waals surface area contributed by atoms with E-state index in [1.54, 1.807) is 0 Å². The molecule has 0 rings (SSSR count). The summed E-state index contributed by atoms with van der Waals surface area (Å²) in [5, 5.41) is 0. The summed E-state index contributed by atoms with van der Waals surface area (Å²) in [6.45, 7) is 17.9. The molecular weight excluding hydrogens is 172 g/mol. The average Bonchev–Trinajstić information content (AvgIpc) is 1.95. The van der Waals surface area contributed by atoms with Crippen LogP contribution in [0.1, 0.15) is 55.4 Å². The van der Waals surface area contributed by atoms with Gasteiger partial charge < -0.3 is 0 Å². The van der Waals surface area contributed by atoms with E-state index in [-0.39, 0.29) is 0 Å². The van der Waals surface area contributed by atoms with Gasteiger partial charge in [-0.2, -0.15) is 0 Å². The Morgan fingerprint density at radius 3 is 1.00 bits per heavy atom. The molecule has 86 valence electrons. The predicted molar refractivity (Wildman–Crippen MR) is 64.1 cm³/mol. The molecule has 0 saturated carbocycles. The van der Waals surface area contributed by atoms with Crippen molar-refractivity contribution in [2.75, 3.05) is 0 Å². The van der Waals surface area contributed by atoms with E-state index in [2.05, 4.69) is 66.2 Å². The first-order valence-electron chi connectivity index (χ1n) is 5.56. The summed E-state index contributed by atoms with van der Waals surface area (Å²) < 4.78 is 0. The summed E-state index contributed by atoms with van der Waals surface area (Å²) in [6.07, 6.45) is 0. The predicted octanol–water partition coefficient (Wildman–Crippen LogP) is 2.95. The van der Waals surface area contributed by atoms with Gasteiger partial charge in [-0.1, -0.05) is 41.5 Å². The van der Waals surface area contributed by atoms with E-state index in [1.165, 1.54) is 0 Å². The van der Waals surface area contributed by atoms with Crippen molar-refractivity contribution in [3.8, 4) is 0 Å². The highest BCUT2D eigenvalue weighted by atomic mass is 15.4. The van der Waals surface area contributed by atoms with Crippen molar-refractivity contribution >= 4 is 0 Å². The lowest BCUT2D eigenvalue weighted by Crippen LogP contribution is -2.52. The van der Waals surface area contributed by atoms with Crippen molar-refractivity contribution < 1.29 is 0 Å². The third-order valence-electron chi connectivity index (χ3n) is 3.11. The van der Waals surface area contributed by atoms with Crippen LogP contribution >= 0.6 is 0 Å². The standard InChI is InChI=1S/C12H28N2/c1-9(11(3,4)5)13-14-10(2)12(6,7)8/h9-10,13-14H,1-8H3. The first kappa shape index (κ1) is 13.9. The van der Waals surface area contributed by atoms with E-state index >= 15 is 0 Å². The zero-order chi connectivity index (χ0) is 11.6. The molecule has 14 heavy (non-hydrogen) atoms. The Bertz CT molecular complexity index is 142. The summed E-state index contributed by atoms with van der Waals surface area (Å²) in [5.41, 5.74) is 7.35. The maximum Gasteiger partial charge on any atom is 0.0233 e. The summed E-state index contributed by atoms with van der Waals surface area (Å²) in [6, 6.07) is 0.930. The van der Waals surface area contributed by atoms with Gasteiger partial charge in [0.15, 0.2) is 0 Å². The van der Waals surface area contributed by atoms with Gasteiger partial charge in [0.1, 0.15) is 0 Å². The van der Waals surface area contributed by atoms with Crippen molar-refractivity contribution in [3.63, 3.8) is 0 Å². The van der Waals surface area contributed by atoms with Crippen LogP contribution in [-0.2, 0) is 0 Å². The van der Waals surface area contributed by atoms with Crippen LogP contribution < -0.4 is 10.9 Å². The molecule has 0 amide bonds. The van der Waals surface area contributed by atoms with Crippen LogP contribution in [0.4, 0.5) is 0 Å². The molecule has 2 N–H and O–H groups in total. The molecular formula is C12H28N2. The van der Waals surface area contributed by atoms with Crippen LogP contribution in [0.3, 0.4) is 0 Å². The maximum atomic E-state index is 3.38. The van der Waals surface area contributed by atoms with Crippen LogP contribution in [0.15, 0.2) is 0 Å². The van der Waals surface area contributed by atoms with Crippen molar-refractivity contribution in [1.82, 2.24) is 10.9 Å². The third-order valence-corrected chi connectivity index (χ3v) is 3.11. The summed E-state index contributed by atoms with van der Waals surface area (Å²) in [5.74, 6) is 0. The molecule has 2 unspecified atom stereocenters. The third kappa shape index (κ3) is 4.97. The second-order valence-corrected chi connectivity index (χ2v) is 6.46. The molecule has 0 aliphatic carbocycles. The number of hydrazine groups is 1. The summed E-state index contributed by atoms with van der Waals surface area (Å²) in [4.78, 5) is 0. The van der Waals surface area contributed by atoms with Gasteiger partial charge in [0, 0.05) is 12.1 Å². The molecule has 0 bridgehead atoms. The Morgan fingerprint density at radius 2 is 0.857 bits per heavy atom. The average molecular weight is 200 g/mol. The van der Waals surface area contributed by atoms with Crippen LogP contribution in [0.5, 0.6) is 0 Å². The van der Waals surface area contributed by atoms with Crippen LogP contribution in [0, 0.1) is 10.8 Å². The largest absolute Gasteiger partial charge is 0.254 e. The second kappa shape index (κ2) is 4.63. The van der Waals surface area contributed by atoms with Crippen LogP contribution in [0.2, 0.25) is 0 Å². The molecule has 0 aromatic heterocycles. The number of hydrogen-bond donors (Lipinski definition) is 2. The van der Waals surface area contributed by atoms with Crippen molar-refractivity contribution in [2.45, 2.75) is 67.5 Å². The normalized spacial score (nSPS) is 18.0. The SMILES string of the molecule is CC(NNC(C)C(C)(C)C)C(C)(C)C. The van der Waals surface area contributed by atoms with Gasteiger partial charge in [-0.25, -0.2) is 0 Å². The molecule has 0 fully saturated rings. The van der Waals surface area contributed by atoms with Gasteiger partial charge in [-0.15, -0.1) is 0 Å². The van der Waals surface area contributed by atoms with Crippen molar-refractivity contribution in [2.24, 2.45) is 10.8 Å². The monoisotopic (exact) mass is 200 g/mol. The fourth-order valence-corrected chi connectivity index (χ4v) is 0.683. The fourth-order valence-electron chi connectivity index (χ4n) is 0.683. The van der Waals surface area contributed by atoms with Gasteiger partial charge in [0.25, 0.3) is 0 Å². The van der Waals surface area contributed by atoms with Gasteiger partial charge in [-0.05, 0) is 24.7 Å². The Hall–Kier alpha value is -0.0800. The van der Waals surface area contributed by atoms with Gasteiger partial charge >= 0.3 is 0 Å². The maximum absolute atomic E-state index is 3.38. The minimum Gasteiger partial charge on any atom is -0.254 e. The molecule has 0 aliphatic heterocycles. The lowest BCUT2D eigenvalue weighted by molar-refractivity contribution is 0.200. The first-order valence-corrected chi connectivity index (χ1v) is 5.56. The Labute approximate surface area is 89.8 Å². The van der Waals surface area contributed by atoms with Gasteiger partial charge in [0.05, 0.1) is 0 Å². The van der Waals surface area contributed by atoms with E-state index in [1.807, 2.05) is 0 Å². The summed E-state index contributed by atoms with van der Waals surface area (Å²) >= 11 is 0. The van der Waals surface area contributed by atoms with Crippen molar-refractivity contribution in [3.05, 3.63) is 0 Å². The van der Waals surface area contributed by atoms with Crippen LogP contribution in [0.25, 0.3) is 0 Å². The molecule has 0 saturated heterocycles. The highest BCUT2D eigenvalue weighted by Gasteiger charge is 2.23. The molecule has 2 nitrogen and oxygen atoms in total. The minimum atomic E-state index is 0.296. The Kier molecular flexibility index (Phi) is 4.60. The fraction of sp³-hybridized carbons (Fsp3) is 1.00. The van der Waals surface area contributed by atoms with E-state index < -0.39 is 0 Å². The molecule has 0 aromatic carbocycles. The molecule has 0 aliphatic rings. The molecule has 0 spiro atoms. The molecule has 0 heterocycles. The number of hydrogen-bond acceptors (Lipinski definition) is 2. The minimum absolute atomic E-state index is 0.296. The highest BCUT2D eigenvalue weighted by molar-refractivity contribution is 4.78. The van der Waals surface area contributed by atoms with Gasteiger partial charge in [-0.3, -0.25) is 10.9 Å². The zero-order valence-corrected chi connectivity index (χ0v) is 11.2. The smallest absolute Gasteiger partial charge is 0.0233 e. The van der Waals surface area contributed by atoms with Crippen LogP contribution in [-0.4, -0.2) is 12.1 Å². The van der Waals surface area contributed by atoms with Crippen molar-refractivity contribution in [1.29, 1.82) is 0 Å². The number of rotatable bonds is 3. The number of nitrogens with one attached hydrogen (secondary N) is 2. The Morgan fingerprint density at radius 1 is 0.643 bits per heavy atom. The van der Waals surface area contributed by atoms with Gasteiger partial charge in [0.2, 0.25) is 0 Å². The topological polar surface area (TPSA) is 24.1 Å². The molecule has 0 aromatic rings. The lowest BCUT2D eigenvalue weighted by Gasteiger charge is -2.34. The second-order valence-electron chi connectivity index (χ2n) is 6.46. The Balaban J connectivity index is 3.96. The molecule has 0 radical (unpaired) electrons. The highest BCUT2D eigenvalue weighted by Crippen LogP contribution is 2.20. The quantitative estimate of drug-likeness (QED) is 0.684. The van der Waals surface area contributed by atoms with E-state index in [0.717, 1.165) is 0 Å². The van der Waals surface area contributed by atoms with E-state index in [9.17, 15) is 0 Å². The van der Waals surface area contributed by atoms with E-state index in [4.69, 9.17) is 0 Å². The molecule has 2 atom stereocenters. The zero-order valence-electron chi connectivity index (χ0n) is 11.2. The molecule has 2 heteroatoms. The first-order chi connectivity index (χ1) is 6.05. The summed E-state index contributed by atoms with van der Waals surface area (Å²) in [7, 11) is 0.